The van der Waals surface area contributed by atoms with E-state index in [0.717, 1.165) is 4.90 Å². The Hall–Kier alpha value is -1.74. The number of amides is 1. The third kappa shape index (κ3) is 5.29. The predicted octanol–water partition coefficient (Wildman–Crippen LogP) is 3.31. The van der Waals surface area contributed by atoms with Crippen LogP contribution in [0.4, 0.5) is 13.6 Å². The summed E-state index contributed by atoms with van der Waals surface area (Å²) in [6.45, 7) is 14.5. The highest BCUT2D eigenvalue weighted by Crippen LogP contribution is 2.42. The first-order chi connectivity index (χ1) is 13.7. The first-order valence-corrected chi connectivity index (χ1v) is 10.4. The van der Waals surface area contributed by atoms with Crippen LogP contribution in [0.5, 0.6) is 0 Å². The number of nitrogens with zero attached hydrogens (tertiary/aromatic N) is 3. The fourth-order valence-corrected chi connectivity index (χ4v) is 3.94. The molecule has 30 heavy (non-hydrogen) atoms. The molecule has 0 bridgehead atoms. The molecule has 2 atom stereocenters. The summed E-state index contributed by atoms with van der Waals surface area (Å²) in [6.07, 6.45) is 1.11. The SMILES string of the molecule is C=CCOC(=O)C(C)(C)CCN1[C@@H]2[C@H](CN1CC)N(C(=O)OC(C)(C)C)CC2(F)F. The zero-order valence-electron chi connectivity index (χ0n) is 18.9. The lowest BCUT2D eigenvalue weighted by atomic mass is 9.89. The van der Waals surface area contributed by atoms with Crippen molar-refractivity contribution in [2.45, 2.75) is 71.6 Å². The van der Waals surface area contributed by atoms with Crippen LogP contribution in [0.1, 0.15) is 48.0 Å². The fraction of sp³-hybridized carbons (Fsp3) is 0.810. The molecule has 2 rings (SSSR count). The van der Waals surface area contributed by atoms with Gasteiger partial charge in [0.15, 0.2) is 0 Å². The molecule has 0 spiro atoms. The number of halogens is 2. The second-order valence-corrected chi connectivity index (χ2v) is 9.57. The second-order valence-electron chi connectivity index (χ2n) is 9.57. The highest BCUT2D eigenvalue weighted by Gasteiger charge is 2.63. The maximum atomic E-state index is 15.0. The number of alkyl halides is 2. The van der Waals surface area contributed by atoms with E-state index in [1.165, 1.54) is 6.08 Å². The molecule has 2 saturated heterocycles. The average Bonchev–Trinajstić information content (AvgIpc) is 3.11. The second kappa shape index (κ2) is 8.78. The number of rotatable bonds is 7. The van der Waals surface area contributed by atoms with Crippen molar-refractivity contribution in [2.75, 3.05) is 32.8 Å². The number of esters is 1. The van der Waals surface area contributed by atoms with Gasteiger partial charge in [-0.05, 0) is 41.0 Å². The summed E-state index contributed by atoms with van der Waals surface area (Å²) in [4.78, 5) is 26.0. The zero-order chi connectivity index (χ0) is 22.9. The Balaban J connectivity index is 2.16. The Bertz CT molecular complexity index is 663. The molecule has 0 aliphatic carbocycles. The Kier molecular flexibility index (Phi) is 7.18. The van der Waals surface area contributed by atoms with E-state index in [0.29, 0.717) is 19.5 Å². The van der Waals surface area contributed by atoms with Crippen molar-refractivity contribution < 1.29 is 27.8 Å². The first-order valence-electron chi connectivity index (χ1n) is 10.4. The summed E-state index contributed by atoms with van der Waals surface area (Å²) in [5.41, 5.74) is -1.59. The summed E-state index contributed by atoms with van der Waals surface area (Å²) in [6, 6.07) is -1.82. The summed E-state index contributed by atoms with van der Waals surface area (Å²) < 4.78 is 40.6. The molecule has 0 N–H and O–H groups in total. The van der Waals surface area contributed by atoms with E-state index in [1.54, 1.807) is 39.6 Å². The molecule has 9 heteroatoms. The van der Waals surface area contributed by atoms with Gasteiger partial charge < -0.3 is 9.47 Å². The van der Waals surface area contributed by atoms with Crippen LogP contribution in [0, 0.1) is 5.41 Å². The molecule has 7 nitrogen and oxygen atoms in total. The van der Waals surface area contributed by atoms with Gasteiger partial charge in [0.05, 0.1) is 18.0 Å². The van der Waals surface area contributed by atoms with E-state index in [9.17, 15) is 9.59 Å². The smallest absolute Gasteiger partial charge is 0.410 e. The Labute approximate surface area is 177 Å². The van der Waals surface area contributed by atoms with Crippen molar-refractivity contribution in [3.05, 3.63) is 12.7 Å². The van der Waals surface area contributed by atoms with Crippen LogP contribution in [-0.2, 0) is 14.3 Å². The van der Waals surface area contributed by atoms with Gasteiger partial charge in [0, 0.05) is 19.6 Å². The fourth-order valence-electron chi connectivity index (χ4n) is 3.94. The van der Waals surface area contributed by atoms with Gasteiger partial charge in [0.25, 0.3) is 5.92 Å². The van der Waals surface area contributed by atoms with E-state index < -0.39 is 47.6 Å². The van der Waals surface area contributed by atoms with Crippen molar-refractivity contribution in [3.63, 3.8) is 0 Å². The third-order valence-corrected chi connectivity index (χ3v) is 5.50. The third-order valence-electron chi connectivity index (χ3n) is 5.50. The topological polar surface area (TPSA) is 62.3 Å². The number of likely N-dealkylation sites (tertiary alicyclic amines) is 1. The molecule has 172 valence electrons. The highest BCUT2D eigenvalue weighted by molar-refractivity contribution is 5.76. The minimum Gasteiger partial charge on any atom is -0.461 e. The molecule has 0 aromatic heterocycles. The van der Waals surface area contributed by atoms with Crippen LogP contribution in [0.15, 0.2) is 12.7 Å². The van der Waals surface area contributed by atoms with Gasteiger partial charge in [-0.3, -0.25) is 9.69 Å². The molecule has 0 aromatic rings. The van der Waals surface area contributed by atoms with Crippen LogP contribution in [0.25, 0.3) is 0 Å². The summed E-state index contributed by atoms with van der Waals surface area (Å²) >= 11 is 0. The average molecular weight is 432 g/mol. The molecule has 2 fully saturated rings. The van der Waals surface area contributed by atoms with Crippen molar-refractivity contribution in [3.8, 4) is 0 Å². The van der Waals surface area contributed by atoms with Gasteiger partial charge in [-0.1, -0.05) is 19.6 Å². The van der Waals surface area contributed by atoms with Crippen molar-refractivity contribution in [1.29, 1.82) is 0 Å². The van der Waals surface area contributed by atoms with E-state index in [-0.39, 0.29) is 13.2 Å². The quantitative estimate of drug-likeness (QED) is 0.455. The number of likely N-dealkylation sites (N-methyl/N-ethyl adjacent to an activating group) is 1. The molecular weight excluding hydrogens is 396 g/mol. The maximum absolute atomic E-state index is 15.0. The van der Waals surface area contributed by atoms with E-state index in [4.69, 9.17) is 9.47 Å². The Morgan fingerprint density at radius 2 is 1.87 bits per heavy atom. The van der Waals surface area contributed by atoms with Crippen molar-refractivity contribution in [2.24, 2.45) is 5.41 Å². The molecule has 0 saturated carbocycles. The number of carbonyl (C=O) groups excluding carboxylic acids is 2. The monoisotopic (exact) mass is 431 g/mol. The number of fused-ring (bicyclic) bond motifs is 1. The molecular formula is C21H35F2N3O4. The van der Waals surface area contributed by atoms with Crippen molar-refractivity contribution in [1.82, 2.24) is 14.9 Å². The van der Waals surface area contributed by atoms with E-state index in [2.05, 4.69) is 6.58 Å². The van der Waals surface area contributed by atoms with Crippen LogP contribution < -0.4 is 0 Å². The minimum absolute atomic E-state index is 0.112. The maximum Gasteiger partial charge on any atom is 0.410 e. The van der Waals surface area contributed by atoms with Crippen LogP contribution in [0.3, 0.4) is 0 Å². The molecule has 0 aromatic carbocycles. The van der Waals surface area contributed by atoms with Gasteiger partial charge in [0.1, 0.15) is 18.2 Å². The number of hydrogen-bond acceptors (Lipinski definition) is 6. The van der Waals surface area contributed by atoms with Crippen LogP contribution in [-0.4, -0.2) is 83.4 Å². The number of hydrogen-bond donors (Lipinski definition) is 0. The zero-order valence-corrected chi connectivity index (χ0v) is 18.9. The van der Waals surface area contributed by atoms with Crippen LogP contribution in [0.2, 0.25) is 0 Å². The molecule has 2 aliphatic rings. The van der Waals surface area contributed by atoms with Gasteiger partial charge in [-0.15, -0.1) is 0 Å². The molecule has 2 heterocycles. The minimum atomic E-state index is -3.08. The largest absolute Gasteiger partial charge is 0.461 e. The standard InChI is InChI=1S/C21H35F2N3O4/c1-8-12-29-17(27)20(6,7)10-11-26-16-15(13-24(26)9-2)25(14-21(16,22)23)18(28)30-19(3,4)5/h8,15-16H,1,9-14H2,2-7H3/t15-,16+/m0/s1. The molecule has 1 amide bonds. The first kappa shape index (κ1) is 24.5. The Morgan fingerprint density at radius 1 is 1.23 bits per heavy atom. The highest BCUT2D eigenvalue weighted by atomic mass is 19.3. The molecule has 0 radical (unpaired) electrons. The van der Waals surface area contributed by atoms with E-state index in [1.807, 2.05) is 11.9 Å². The normalized spacial score (nSPS) is 24.6. The summed E-state index contributed by atoms with van der Waals surface area (Å²) in [7, 11) is 0. The number of carbonyl (C=O) groups is 2. The summed E-state index contributed by atoms with van der Waals surface area (Å²) in [5, 5.41) is 3.45. The van der Waals surface area contributed by atoms with Crippen molar-refractivity contribution >= 4 is 12.1 Å². The molecule has 0 unspecified atom stereocenters. The lowest BCUT2D eigenvalue weighted by Gasteiger charge is -2.35. The number of ether oxygens (including phenoxy) is 2. The van der Waals surface area contributed by atoms with Gasteiger partial charge in [-0.25, -0.2) is 23.6 Å². The van der Waals surface area contributed by atoms with Gasteiger partial charge in [-0.2, -0.15) is 0 Å². The predicted molar refractivity (Wildman–Crippen MR) is 109 cm³/mol. The van der Waals surface area contributed by atoms with E-state index >= 15 is 8.78 Å². The van der Waals surface area contributed by atoms with Gasteiger partial charge in [0.2, 0.25) is 0 Å². The molecule has 2 aliphatic heterocycles. The van der Waals surface area contributed by atoms with Gasteiger partial charge >= 0.3 is 12.1 Å². The lowest BCUT2D eigenvalue weighted by Crippen LogP contribution is -2.50. The van der Waals surface area contributed by atoms with Crippen LogP contribution >= 0.6 is 0 Å². The summed E-state index contributed by atoms with van der Waals surface area (Å²) in [5.74, 6) is -3.48. The number of hydrazine groups is 1. The Morgan fingerprint density at radius 3 is 2.40 bits per heavy atom. The lowest BCUT2D eigenvalue weighted by molar-refractivity contribution is -0.154.